The number of nitrogens with zero attached hydrogens (tertiary/aromatic N) is 3. The van der Waals surface area contributed by atoms with Crippen LogP contribution in [0.1, 0.15) is 23.3 Å². The van der Waals surface area contributed by atoms with Gasteiger partial charge in [-0.2, -0.15) is 4.98 Å². The normalized spacial score (nSPS) is 13.7. The third-order valence-electron chi connectivity index (χ3n) is 3.54. The number of aliphatic carboxylic acids is 1. The summed E-state index contributed by atoms with van der Waals surface area (Å²) >= 11 is 7.67. The van der Waals surface area contributed by atoms with Crippen LogP contribution < -0.4 is 4.90 Å². The Hall–Kier alpha value is -1.40. The summed E-state index contributed by atoms with van der Waals surface area (Å²) in [4.78, 5) is 23.5. The molecule has 0 saturated heterocycles. The molecule has 0 spiro atoms. The van der Waals surface area contributed by atoms with E-state index in [-0.39, 0.29) is 11.7 Å². The Balaban J connectivity index is 2.06. The van der Waals surface area contributed by atoms with E-state index in [0.717, 1.165) is 35.3 Å². The van der Waals surface area contributed by atoms with Gasteiger partial charge in [0.2, 0.25) is 5.28 Å². The van der Waals surface area contributed by atoms with Gasteiger partial charge in [0.1, 0.15) is 10.6 Å². The average Bonchev–Trinajstić information content (AvgIpc) is 2.94. The molecule has 0 amide bonds. The number of aromatic nitrogens is 2. The van der Waals surface area contributed by atoms with Crippen molar-refractivity contribution in [3.63, 3.8) is 0 Å². The quantitative estimate of drug-likeness (QED) is 0.879. The van der Waals surface area contributed by atoms with E-state index in [1.807, 2.05) is 11.9 Å². The van der Waals surface area contributed by atoms with Crippen LogP contribution in [-0.2, 0) is 17.6 Å². The molecule has 1 aliphatic rings. The van der Waals surface area contributed by atoms with Crippen LogP contribution >= 0.6 is 22.9 Å². The molecule has 0 aliphatic heterocycles. The van der Waals surface area contributed by atoms with Crippen molar-refractivity contribution in [2.45, 2.75) is 25.7 Å². The summed E-state index contributed by atoms with van der Waals surface area (Å²) in [7, 11) is 1.85. The number of carbonyl (C=O) groups is 1. The van der Waals surface area contributed by atoms with Crippen LogP contribution in [0.4, 0.5) is 5.82 Å². The Morgan fingerprint density at radius 2 is 2.25 bits per heavy atom. The van der Waals surface area contributed by atoms with Crippen molar-refractivity contribution in [3.8, 4) is 0 Å². The molecule has 0 bridgehead atoms. The molecule has 5 nitrogen and oxygen atoms in total. The van der Waals surface area contributed by atoms with Gasteiger partial charge in [0, 0.05) is 18.5 Å². The maximum Gasteiger partial charge on any atom is 0.305 e. The van der Waals surface area contributed by atoms with E-state index < -0.39 is 5.97 Å². The summed E-state index contributed by atoms with van der Waals surface area (Å²) in [6.07, 6.45) is 3.37. The number of carboxylic acids is 1. The first kappa shape index (κ1) is 13.6. The minimum absolute atomic E-state index is 0.0753. The van der Waals surface area contributed by atoms with Gasteiger partial charge in [-0.05, 0) is 36.4 Å². The van der Waals surface area contributed by atoms with E-state index in [1.54, 1.807) is 11.3 Å². The van der Waals surface area contributed by atoms with Crippen molar-refractivity contribution in [3.05, 3.63) is 15.7 Å². The number of anilines is 1. The number of rotatable bonds is 4. The van der Waals surface area contributed by atoms with Crippen LogP contribution in [0, 0.1) is 0 Å². The molecule has 20 heavy (non-hydrogen) atoms. The van der Waals surface area contributed by atoms with Crippen LogP contribution in [0.2, 0.25) is 5.28 Å². The average molecular weight is 312 g/mol. The van der Waals surface area contributed by atoms with Gasteiger partial charge in [0.15, 0.2) is 0 Å². The lowest BCUT2D eigenvalue weighted by molar-refractivity contribution is -0.136. The Morgan fingerprint density at radius 1 is 1.45 bits per heavy atom. The topological polar surface area (TPSA) is 66.3 Å². The summed E-state index contributed by atoms with van der Waals surface area (Å²) in [5.41, 5.74) is 1.32. The highest BCUT2D eigenvalue weighted by atomic mass is 35.5. The second-order valence-corrected chi connectivity index (χ2v) is 6.34. The Kier molecular flexibility index (Phi) is 3.52. The minimum Gasteiger partial charge on any atom is -0.481 e. The number of carboxylic acid groups (broad SMARTS) is 1. The van der Waals surface area contributed by atoms with Gasteiger partial charge in [-0.25, -0.2) is 4.98 Å². The third-order valence-corrected chi connectivity index (χ3v) is 4.90. The Bertz CT molecular complexity index is 686. The predicted molar refractivity (Wildman–Crippen MR) is 80.0 cm³/mol. The highest BCUT2D eigenvalue weighted by molar-refractivity contribution is 7.19. The molecule has 1 N–H and O–H groups in total. The number of hydrogen-bond acceptors (Lipinski definition) is 5. The molecule has 2 aromatic rings. The van der Waals surface area contributed by atoms with Gasteiger partial charge in [0.25, 0.3) is 0 Å². The highest BCUT2D eigenvalue weighted by Gasteiger charge is 2.23. The van der Waals surface area contributed by atoms with Crippen molar-refractivity contribution in [1.29, 1.82) is 0 Å². The monoisotopic (exact) mass is 311 g/mol. The Morgan fingerprint density at radius 3 is 3.00 bits per heavy atom. The lowest BCUT2D eigenvalue weighted by Gasteiger charge is -2.18. The lowest BCUT2D eigenvalue weighted by Crippen LogP contribution is -2.22. The van der Waals surface area contributed by atoms with Crippen molar-refractivity contribution in [2.75, 3.05) is 18.5 Å². The standard InChI is InChI=1S/C13H14ClN3O2S/c1-17(6-5-9(18)19)11-10-7-3-2-4-8(7)20-12(10)16-13(14)15-11/h2-6H2,1H3,(H,18,19). The van der Waals surface area contributed by atoms with E-state index >= 15 is 0 Å². The van der Waals surface area contributed by atoms with Crippen LogP contribution in [0.15, 0.2) is 0 Å². The summed E-state index contributed by atoms with van der Waals surface area (Å²) in [5, 5.41) is 10.1. The van der Waals surface area contributed by atoms with Gasteiger partial charge in [-0.15, -0.1) is 11.3 Å². The van der Waals surface area contributed by atoms with Crippen molar-refractivity contribution >= 4 is 44.9 Å². The maximum atomic E-state index is 10.7. The molecule has 0 radical (unpaired) electrons. The van der Waals surface area contributed by atoms with Crippen molar-refractivity contribution in [1.82, 2.24) is 9.97 Å². The van der Waals surface area contributed by atoms with E-state index in [9.17, 15) is 4.79 Å². The molecular weight excluding hydrogens is 298 g/mol. The van der Waals surface area contributed by atoms with E-state index in [1.165, 1.54) is 10.4 Å². The molecule has 2 aromatic heterocycles. The van der Waals surface area contributed by atoms with Gasteiger partial charge in [0.05, 0.1) is 11.8 Å². The van der Waals surface area contributed by atoms with Gasteiger partial charge in [-0.1, -0.05) is 0 Å². The summed E-state index contributed by atoms with van der Waals surface area (Å²) < 4.78 is 0. The molecule has 0 atom stereocenters. The van der Waals surface area contributed by atoms with Crippen LogP contribution in [0.3, 0.4) is 0 Å². The zero-order valence-corrected chi connectivity index (χ0v) is 12.6. The van der Waals surface area contributed by atoms with Gasteiger partial charge in [-0.3, -0.25) is 4.79 Å². The smallest absolute Gasteiger partial charge is 0.305 e. The zero-order valence-electron chi connectivity index (χ0n) is 11.0. The molecular formula is C13H14ClN3O2S. The molecule has 7 heteroatoms. The van der Waals surface area contributed by atoms with Gasteiger partial charge >= 0.3 is 5.97 Å². The fourth-order valence-corrected chi connectivity index (χ4v) is 4.07. The molecule has 1 aliphatic carbocycles. The van der Waals surface area contributed by atoms with E-state index in [4.69, 9.17) is 16.7 Å². The lowest BCUT2D eigenvalue weighted by atomic mass is 10.2. The van der Waals surface area contributed by atoms with Crippen LogP contribution in [0.5, 0.6) is 0 Å². The highest BCUT2D eigenvalue weighted by Crippen LogP contribution is 2.40. The predicted octanol–water partition coefficient (Wildman–Crippen LogP) is 2.74. The van der Waals surface area contributed by atoms with Crippen LogP contribution in [0.25, 0.3) is 10.2 Å². The SMILES string of the molecule is CN(CCC(=O)O)c1nc(Cl)nc2sc3c(c12)CCC3. The number of hydrogen-bond donors (Lipinski definition) is 1. The first-order valence-electron chi connectivity index (χ1n) is 6.47. The summed E-state index contributed by atoms with van der Waals surface area (Å²) in [6, 6.07) is 0. The number of fused-ring (bicyclic) bond motifs is 3. The first-order valence-corrected chi connectivity index (χ1v) is 7.66. The molecule has 0 unspecified atom stereocenters. The Labute approximate surface area is 125 Å². The maximum absolute atomic E-state index is 10.7. The van der Waals surface area contributed by atoms with E-state index in [2.05, 4.69) is 9.97 Å². The number of aryl methyl sites for hydroxylation is 2. The van der Waals surface area contributed by atoms with E-state index in [0.29, 0.717) is 6.54 Å². The number of halogens is 1. The molecule has 106 valence electrons. The number of thiophene rings is 1. The second-order valence-electron chi connectivity index (χ2n) is 4.92. The fourth-order valence-electron chi connectivity index (χ4n) is 2.60. The molecule has 0 fully saturated rings. The van der Waals surface area contributed by atoms with Crippen molar-refractivity contribution < 1.29 is 9.90 Å². The fraction of sp³-hybridized carbons (Fsp3) is 0.462. The molecule has 0 saturated carbocycles. The third kappa shape index (κ3) is 2.33. The van der Waals surface area contributed by atoms with Crippen molar-refractivity contribution in [2.24, 2.45) is 0 Å². The van der Waals surface area contributed by atoms with Crippen LogP contribution in [-0.4, -0.2) is 34.6 Å². The first-order chi connectivity index (χ1) is 9.56. The molecule has 0 aromatic carbocycles. The summed E-state index contributed by atoms with van der Waals surface area (Å²) in [6.45, 7) is 0.405. The largest absolute Gasteiger partial charge is 0.481 e. The van der Waals surface area contributed by atoms with Gasteiger partial charge < -0.3 is 10.0 Å². The summed E-state index contributed by atoms with van der Waals surface area (Å²) in [5.74, 6) is -0.0653. The minimum atomic E-state index is -0.816. The second kappa shape index (κ2) is 5.18. The molecule has 2 heterocycles. The molecule has 3 rings (SSSR count). The zero-order chi connectivity index (χ0) is 14.3.